The second-order valence-electron chi connectivity index (χ2n) is 4.95. The Bertz CT molecular complexity index is 285. The second kappa shape index (κ2) is 4.67. The molecule has 1 N–H and O–H groups in total. The van der Waals surface area contributed by atoms with E-state index in [1.54, 1.807) is 4.88 Å². The van der Waals surface area contributed by atoms with Gasteiger partial charge in [-0.15, -0.1) is 11.3 Å². The lowest BCUT2D eigenvalue weighted by atomic mass is 9.62. The highest BCUT2D eigenvalue weighted by atomic mass is 32.1. The van der Waals surface area contributed by atoms with Crippen molar-refractivity contribution in [2.75, 3.05) is 13.1 Å². The van der Waals surface area contributed by atoms with Gasteiger partial charge in [0.2, 0.25) is 0 Å². The second-order valence-corrected chi connectivity index (χ2v) is 5.90. The number of nitrogens with one attached hydrogen (secondary N) is 1. The van der Waals surface area contributed by atoms with E-state index in [9.17, 15) is 0 Å². The molecule has 0 aliphatic heterocycles. The Morgan fingerprint density at radius 1 is 1.53 bits per heavy atom. The number of rotatable bonds is 5. The quantitative estimate of drug-likeness (QED) is 0.754. The van der Waals surface area contributed by atoms with Crippen LogP contribution in [-0.4, -0.2) is 13.1 Å². The summed E-state index contributed by atoms with van der Waals surface area (Å²) in [5.41, 5.74) is 0.475. The molecule has 0 spiro atoms. The predicted molar refractivity (Wildman–Crippen MR) is 67.6 cm³/mol. The molecule has 1 fully saturated rings. The Balaban J connectivity index is 1.99. The minimum atomic E-state index is 0.475. The van der Waals surface area contributed by atoms with Crippen molar-refractivity contribution in [3.8, 4) is 0 Å². The standard InChI is InChI=1S/C13H21NS/c1-3-6-14-10-13(8-11(2)9-13)12-5-4-7-15-12/h4-5,7,11,14H,3,6,8-10H2,1-2H3. The van der Waals surface area contributed by atoms with Crippen molar-refractivity contribution in [3.05, 3.63) is 22.4 Å². The van der Waals surface area contributed by atoms with Gasteiger partial charge in [0.15, 0.2) is 0 Å². The first-order valence-electron chi connectivity index (χ1n) is 6.01. The van der Waals surface area contributed by atoms with Crippen LogP contribution in [0.5, 0.6) is 0 Å². The van der Waals surface area contributed by atoms with Crippen LogP contribution in [-0.2, 0) is 5.41 Å². The molecule has 1 heterocycles. The summed E-state index contributed by atoms with van der Waals surface area (Å²) < 4.78 is 0. The van der Waals surface area contributed by atoms with Crippen LogP contribution in [0, 0.1) is 5.92 Å². The summed E-state index contributed by atoms with van der Waals surface area (Å²) in [5.74, 6) is 0.913. The average Bonchev–Trinajstić information content (AvgIpc) is 2.67. The first-order chi connectivity index (χ1) is 7.27. The van der Waals surface area contributed by atoms with Gasteiger partial charge in [0, 0.05) is 16.8 Å². The largest absolute Gasteiger partial charge is 0.316 e. The van der Waals surface area contributed by atoms with Crippen LogP contribution in [0.2, 0.25) is 0 Å². The molecule has 0 amide bonds. The molecule has 0 aromatic carbocycles. The van der Waals surface area contributed by atoms with E-state index in [0.29, 0.717) is 5.41 Å². The molecule has 84 valence electrons. The molecule has 2 heteroatoms. The minimum Gasteiger partial charge on any atom is -0.316 e. The van der Waals surface area contributed by atoms with Crippen molar-refractivity contribution in [2.24, 2.45) is 5.92 Å². The minimum absolute atomic E-state index is 0.475. The molecule has 0 bridgehead atoms. The maximum Gasteiger partial charge on any atom is 0.0177 e. The maximum absolute atomic E-state index is 3.59. The number of hydrogen-bond donors (Lipinski definition) is 1. The lowest BCUT2D eigenvalue weighted by Crippen LogP contribution is -2.47. The van der Waals surface area contributed by atoms with E-state index in [1.807, 2.05) is 11.3 Å². The molecular formula is C13H21NS. The Morgan fingerprint density at radius 3 is 2.87 bits per heavy atom. The Morgan fingerprint density at radius 2 is 2.33 bits per heavy atom. The average molecular weight is 223 g/mol. The molecule has 0 saturated heterocycles. The zero-order chi connectivity index (χ0) is 10.7. The van der Waals surface area contributed by atoms with Gasteiger partial charge < -0.3 is 5.32 Å². The third-order valence-electron chi connectivity index (χ3n) is 3.41. The summed E-state index contributed by atoms with van der Waals surface area (Å²) >= 11 is 1.93. The molecule has 1 aliphatic carbocycles. The van der Waals surface area contributed by atoms with Gasteiger partial charge in [-0.1, -0.05) is 19.9 Å². The Labute approximate surface area is 96.9 Å². The van der Waals surface area contributed by atoms with E-state index in [2.05, 4.69) is 36.7 Å². The monoisotopic (exact) mass is 223 g/mol. The van der Waals surface area contributed by atoms with E-state index in [4.69, 9.17) is 0 Å². The topological polar surface area (TPSA) is 12.0 Å². The van der Waals surface area contributed by atoms with Crippen LogP contribution in [0.3, 0.4) is 0 Å². The molecule has 0 radical (unpaired) electrons. The summed E-state index contributed by atoms with van der Waals surface area (Å²) in [6, 6.07) is 4.49. The van der Waals surface area contributed by atoms with E-state index in [1.165, 1.54) is 25.8 Å². The maximum atomic E-state index is 3.59. The predicted octanol–water partition coefficient (Wildman–Crippen LogP) is 3.42. The van der Waals surface area contributed by atoms with Gasteiger partial charge in [0.05, 0.1) is 0 Å². The van der Waals surface area contributed by atoms with Crippen LogP contribution in [0.4, 0.5) is 0 Å². The lowest BCUT2D eigenvalue weighted by molar-refractivity contribution is 0.157. The molecule has 2 rings (SSSR count). The van der Waals surface area contributed by atoms with Crippen molar-refractivity contribution in [2.45, 2.75) is 38.5 Å². The lowest BCUT2D eigenvalue weighted by Gasteiger charge is -2.46. The third kappa shape index (κ3) is 2.26. The smallest absolute Gasteiger partial charge is 0.0177 e. The molecule has 0 unspecified atom stereocenters. The first kappa shape index (κ1) is 11.2. The van der Waals surface area contributed by atoms with Crippen LogP contribution in [0.15, 0.2) is 17.5 Å². The SMILES string of the molecule is CCCNCC1(c2cccs2)CC(C)C1. The fourth-order valence-corrected chi connectivity index (χ4v) is 3.74. The highest BCUT2D eigenvalue weighted by Crippen LogP contribution is 2.48. The molecule has 1 saturated carbocycles. The summed E-state index contributed by atoms with van der Waals surface area (Å²) in [6.45, 7) is 6.92. The van der Waals surface area contributed by atoms with Crippen LogP contribution >= 0.6 is 11.3 Å². The van der Waals surface area contributed by atoms with Gasteiger partial charge in [-0.3, -0.25) is 0 Å². The fraction of sp³-hybridized carbons (Fsp3) is 0.692. The van der Waals surface area contributed by atoms with Crippen LogP contribution in [0.1, 0.15) is 38.0 Å². The van der Waals surface area contributed by atoms with Gasteiger partial charge in [0.25, 0.3) is 0 Å². The van der Waals surface area contributed by atoms with E-state index < -0.39 is 0 Å². The number of hydrogen-bond acceptors (Lipinski definition) is 2. The summed E-state index contributed by atoms with van der Waals surface area (Å²) in [6.07, 6.45) is 3.96. The van der Waals surface area contributed by atoms with E-state index in [-0.39, 0.29) is 0 Å². The van der Waals surface area contributed by atoms with E-state index in [0.717, 1.165) is 12.5 Å². The van der Waals surface area contributed by atoms with Gasteiger partial charge in [-0.2, -0.15) is 0 Å². The zero-order valence-corrected chi connectivity index (χ0v) is 10.6. The van der Waals surface area contributed by atoms with Gasteiger partial charge in [-0.25, -0.2) is 0 Å². The molecule has 0 atom stereocenters. The normalized spacial score (nSPS) is 30.1. The molecule has 1 aromatic rings. The molecule has 1 aromatic heterocycles. The summed E-state index contributed by atoms with van der Waals surface area (Å²) in [5, 5.41) is 5.80. The molecule has 15 heavy (non-hydrogen) atoms. The fourth-order valence-electron chi connectivity index (χ4n) is 2.79. The Hall–Kier alpha value is -0.340. The molecular weight excluding hydrogens is 202 g/mol. The van der Waals surface area contributed by atoms with Crippen LogP contribution < -0.4 is 5.32 Å². The van der Waals surface area contributed by atoms with Gasteiger partial charge in [0.1, 0.15) is 0 Å². The van der Waals surface area contributed by atoms with Gasteiger partial charge >= 0.3 is 0 Å². The molecule has 1 nitrogen and oxygen atoms in total. The zero-order valence-electron chi connectivity index (χ0n) is 9.75. The highest BCUT2D eigenvalue weighted by molar-refractivity contribution is 7.10. The van der Waals surface area contributed by atoms with Gasteiger partial charge in [-0.05, 0) is 43.2 Å². The third-order valence-corrected chi connectivity index (χ3v) is 4.53. The first-order valence-corrected chi connectivity index (χ1v) is 6.89. The summed E-state index contributed by atoms with van der Waals surface area (Å²) in [7, 11) is 0. The van der Waals surface area contributed by atoms with Crippen molar-refractivity contribution in [1.29, 1.82) is 0 Å². The Kier molecular flexibility index (Phi) is 3.47. The van der Waals surface area contributed by atoms with Crippen LogP contribution in [0.25, 0.3) is 0 Å². The van der Waals surface area contributed by atoms with Crippen molar-refractivity contribution in [3.63, 3.8) is 0 Å². The highest BCUT2D eigenvalue weighted by Gasteiger charge is 2.43. The number of thiophene rings is 1. The van der Waals surface area contributed by atoms with Crippen molar-refractivity contribution < 1.29 is 0 Å². The van der Waals surface area contributed by atoms with Crippen molar-refractivity contribution >= 4 is 11.3 Å². The van der Waals surface area contributed by atoms with E-state index >= 15 is 0 Å². The molecule has 1 aliphatic rings. The summed E-state index contributed by atoms with van der Waals surface area (Å²) in [4.78, 5) is 1.59. The van der Waals surface area contributed by atoms with Crippen molar-refractivity contribution in [1.82, 2.24) is 5.32 Å².